The third kappa shape index (κ3) is 3.36. The van der Waals surface area contributed by atoms with Gasteiger partial charge in [0.05, 0.1) is 19.1 Å². The molecule has 1 fully saturated rings. The molecule has 2 heterocycles. The Hall–Kier alpha value is -1.89. The molecule has 0 saturated carbocycles. The summed E-state index contributed by atoms with van der Waals surface area (Å²) in [6, 6.07) is 0. The highest BCUT2D eigenvalue weighted by atomic mass is 16.5. The van der Waals surface area contributed by atoms with Crippen LogP contribution in [0.1, 0.15) is 42.2 Å². The number of esters is 1. The predicted molar refractivity (Wildman–Crippen MR) is 71.5 cm³/mol. The van der Waals surface area contributed by atoms with Crippen LogP contribution in [0.5, 0.6) is 0 Å². The van der Waals surface area contributed by atoms with Crippen LogP contribution in [0.4, 0.5) is 5.82 Å². The number of H-pyrrole nitrogens is 1. The molecule has 2 N–H and O–H groups in total. The van der Waals surface area contributed by atoms with E-state index in [9.17, 15) is 9.59 Å². The Balaban J connectivity index is 1.95. The zero-order chi connectivity index (χ0) is 14.5. The summed E-state index contributed by atoms with van der Waals surface area (Å²) in [6.07, 6.45) is 2.19. The van der Waals surface area contributed by atoms with Gasteiger partial charge in [0.15, 0.2) is 5.82 Å². The molecule has 7 nitrogen and oxygen atoms in total. The first-order valence-corrected chi connectivity index (χ1v) is 6.75. The van der Waals surface area contributed by atoms with Gasteiger partial charge in [-0.15, -0.1) is 0 Å². The molecule has 1 unspecified atom stereocenters. The van der Waals surface area contributed by atoms with Crippen LogP contribution >= 0.6 is 0 Å². The summed E-state index contributed by atoms with van der Waals surface area (Å²) in [5.41, 5.74) is 0.836. The Labute approximate surface area is 117 Å². The average molecular weight is 281 g/mol. The van der Waals surface area contributed by atoms with Crippen LogP contribution in [0.25, 0.3) is 0 Å². The number of amides is 1. The van der Waals surface area contributed by atoms with Gasteiger partial charge < -0.3 is 14.8 Å². The van der Waals surface area contributed by atoms with Crippen LogP contribution in [-0.4, -0.2) is 41.4 Å². The van der Waals surface area contributed by atoms with Gasteiger partial charge in [0.2, 0.25) is 5.91 Å². The smallest absolute Gasteiger partial charge is 0.356 e. The van der Waals surface area contributed by atoms with Crippen molar-refractivity contribution in [3.8, 4) is 0 Å². The molecular weight excluding hydrogens is 262 g/mol. The van der Waals surface area contributed by atoms with E-state index in [0.717, 1.165) is 12.8 Å². The largest absolute Gasteiger partial charge is 0.461 e. The lowest BCUT2D eigenvalue weighted by Crippen LogP contribution is -2.19. The second kappa shape index (κ2) is 6.51. The molecule has 1 aromatic heterocycles. The fourth-order valence-corrected chi connectivity index (χ4v) is 2.12. The summed E-state index contributed by atoms with van der Waals surface area (Å²) >= 11 is 0. The van der Waals surface area contributed by atoms with Crippen molar-refractivity contribution in [3.05, 3.63) is 11.3 Å². The monoisotopic (exact) mass is 281 g/mol. The number of carbonyl (C=O) groups is 2. The molecule has 0 aliphatic carbocycles. The lowest BCUT2D eigenvalue weighted by molar-refractivity contribution is -0.118. The Bertz CT molecular complexity index is 492. The van der Waals surface area contributed by atoms with Gasteiger partial charge in [0.25, 0.3) is 0 Å². The van der Waals surface area contributed by atoms with E-state index in [1.165, 1.54) is 0 Å². The van der Waals surface area contributed by atoms with E-state index in [2.05, 4.69) is 15.5 Å². The summed E-state index contributed by atoms with van der Waals surface area (Å²) in [4.78, 5) is 23.5. The second-order valence-electron chi connectivity index (χ2n) is 4.68. The minimum Gasteiger partial charge on any atom is -0.461 e. The van der Waals surface area contributed by atoms with Crippen molar-refractivity contribution in [1.29, 1.82) is 0 Å². The topological polar surface area (TPSA) is 93.3 Å². The molecule has 0 aromatic carbocycles. The minimum atomic E-state index is -0.475. The van der Waals surface area contributed by atoms with Gasteiger partial charge >= 0.3 is 5.97 Å². The first-order valence-electron chi connectivity index (χ1n) is 6.75. The molecule has 1 amide bonds. The third-order valence-electron chi connectivity index (χ3n) is 3.18. The van der Waals surface area contributed by atoms with Crippen molar-refractivity contribution in [2.45, 2.75) is 39.2 Å². The number of aromatic amines is 1. The maximum atomic E-state index is 11.9. The van der Waals surface area contributed by atoms with Crippen molar-refractivity contribution in [2.24, 2.45) is 0 Å². The first-order chi connectivity index (χ1) is 9.61. The molecule has 2 rings (SSSR count). The number of hydrogen-bond acceptors (Lipinski definition) is 5. The molecule has 1 aliphatic heterocycles. The number of anilines is 1. The van der Waals surface area contributed by atoms with Crippen LogP contribution in [0.3, 0.4) is 0 Å². The molecule has 0 radical (unpaired) electrons. The molecule has 1 atom stereocenters. The molecule has 1 saturated heterocycles. The minimum absolute atomic E-state index is 0.0150. The summed E-state index contributed by atoms with van der Waals surface area (Å²) in [5.74, 6) is -0.282. The van der Waals surface area contributed by atoms with E-state index < -0.39 is 5.97 Å². The van der Waals surface area contributed by atoms with E-state index in [0.29, 0.717) is 24.4 Å². The molecule has 110 valence electrons. The highest BCUT2D eigenvalue weighted by Gasteiger charge is 2.22. The number of ether oxygens (including phenoxy) is 2. The molecule has 20 heavy (non-hydrogen) atoms. The number of nitrogens with one attached hydrogen (secondary N) is 2. The summed E-state index contributed by atoms with van der Waals surface area (Å²) < 4.78 is 10.3. The molecule has 0 spiro atoms. The second-order valence-corrected chi connectivity index (χ2v) is 4.68. The van der Waals surface area contributed by atoms with Gasteiger partial charge in [-0.05, 0) is 26.7 Å². The van der Waals surface area contributed by atoms with Gasteiger partial charge in [-0.3, -0.25) is 9.89 Å². The maximum Gasteiger partial charge on any atom is 0.356 e. The number of rotatable bonds is 5. The Morgan fingerprint density at radius 2 is 2.35 bits per heavy atom. The summed E-state index contributed by atoms with van der Waals surface area (Å²) in [5, 5.41) is 9.21. The van der Waals surface area contributed by atoms with Crippen molar-refractivity contribution in [1.82, 2.24) is 10.2 Å². The van der Waals surface area contributed by atoms with Crippen LogP contribution in [0.2, 0.25) is 0 Å². The number of aromatic nitrogens is 2. The van der Waals surface area contributed by atoms with Crippen LogP contribution in [0, 0.1) is 6.92 Å². The van der Waals surface area contributed by atoms with E-state index in [1.807, 2.05) is 0 Å². The third-order valence-corrected chi connectivity index (χ3v) is 3.18. The number of carbonyl (C=O) groups excluding carboxylic acids is 2. The van der Waals surface area contributed by atoms with Gasteiger partial charge in [-0.25, -0.2) is 4.79 Å². The molecule has 7 heteroatoms. The molecule has 0 bridgehead atoms. The molecule has 1 aromatic rings. The molecular formula is C13H19N3O4. The average Bonchev–Trinajstić information content (AvgIpc) is 3.01. The summed E-state index contributed by atoms with van der Waals surface area (Å²) in [7, 11) is 0. The van der Waals surface area contributed by atoms with E-state index >= 15 is 0 Å². The standard InChI is InChI=1S/C13H19N3O4/c1-3-19-13(18)11-8(2)12(16-15-11)14-10(17)7-9-5-4-6-20-9/h9H,3-7H2,1-2H3,(H2,14,15,16,17). The van der Waals surface area contributed by atoms with Crippen LogP contribution < -0.4 is 5.32 Å². The van der Waals surface area contributed by atoms with Crippen molar-refractivity contribution < 1.29 is 19.1 Å². The number of nitrogens with zero attached hydrogens (tertiary/aromatic N) is 1. The lowest BCUT2D eigenvalue weighted by atomic mass is 10.2. The van der Waals surface area contributed by atoms with E-state index in [-0.39, 0.29) is 24.3 Å². The van der Waals surface area contributed by atoms with Gasteiger partial charge in [-0.1, -0.05) is 0 Å². The Kier molecular flexibility index (Phi) is 4.73. The van der Waals surface area contributed by atoms with Crippen LogP contribution in [0.15, 0.2) is 0 Å². The summed E-state index contributed by atoms with van der Waals surface area (Å²) in [6.45, 7) is 4.44. The fourth-order valence-electron chi connectivity index (χ4n) is 2.12. The van der Waals surface area contributed by atoms with Crippen molar-refractivity contribution in [3.63, 3.8) is 0 Å². The van der Waals surface area contributed by atoms with Crippen LogP contribution in [-0.2, 0) is 14.3 Å². The fraction of sp³-hybridized carbons (Fsp3) is 0.615. The zero-order valence-corrected chi connectivity index (χ0v) is 11.7. The van der Waals surface area contributed by atoms with E-state index in [1.54, 1.807) is 13.8 Å². The quantitative estimate of drug-likeness (QED) is 0.796. The maximum absolute atomic E-state index is 11.9. The zero-order valence-electron chi connectivity index (χ0n) is 11.7. The highest BCUT2D eigenvalue weighted by molar-refractivity contribution is 5.94. The Morgan fingerprint density at radius 3 is 3.00 bits per heavy atom. The number of hydrogen-bond donors (Lipinski definition) is 2. The van der Waals surface area contributed by atoms with Crippen molar-refractivity contribution in [2.75, 3.05) is 18.5 Å². The first kappa shape index (κ1) is 14.5. The highest BCUT2D eigenvalue weighted by Crippen LogP contribution is 2.19. The van der Waals surface area contributed by atoms with Gasteiger partial charge in [0, 0.05) is 12.2 Å². The van der Waals surface area contributed by atoms with Gasteiger partial charge in [0.1, 0.15) is 5.69 Å². The SMILES string of the molecule is CCOC(=O)c1[nH]nc(NC(=O)CC2CCCO2)c1C. The van der Waals surface area contributed by atoms with E-state index in [4.69, 9.17) is 9.47 Å². The molecule has 1 aliphatic rings. The van der Waals surface area contributed by atoms with Crippen molar-refractivity contribution >= 4 is 17.7 Å². The lowest BCUT2D eigenvalue weighted by Gasteiger charge is -2.08. The normalized spacial score (nSPS) is 18.0. The Morgan fingerprint density at radius 1 is 1.55 bits per heavy atom. The predicted octanol–water partition coefficient (Wildman–Crippen LogP) is 1.40. The van der Waals surface area contributed by atoms with Gasteiger partial charge in [-0.2, -0.15) is 5.10 Å².